The highest BCUT2D eigenvalue weighted by molar-refractivity contribution is 5.91. The molecule has 0 aromatic carbocycles. The third kappa shape index (κ3) is 5.76. The zero-order chi connectivity index (χ0) is 18.8. The van der Waals surface area contributed by atoms with Crippen LogP contribution in [0.15, 0.2) is 27.8 Å². The minimum atomic E-state index is -0.0333. The molecule has 1 aromatic heterocycles. The Bertz CT molecular complexity index is 546. The molecule has 146 valence electrons. The molecule has 1 fully saturated rings. The van der Waals surface area contributed by atoms with Gasteiger partial charge in [-0.3, -0.25) is 9.79 Å². The molecule has 2 heterocycles. The molecule has 0 aliphatic carbocycles. The van der Waals surface area contributed by atoms with E-state index in [0.717, 1.165) is 51.6 Å². The van der Waals surface area contributed by atoms with Gasteiger partial charge in [0, 0.05) is 39.8 Å². The Morgan fingerprint density at radius 3 is 2.46 bits per heavy atom. The highest BCUT2D eigenvalue weighted by Crippen LogP contribution is 2.09. The van der Waals surface area contributed by atoms with Crippen LogP contribution in [0.5, 0.6) is 0 Å². The largest absolute Gasteiger partial charge is 0.459 e. The number of nitrogens with zero attached hydrogens (tertiary/aromatic N) is 4. The molecule has 1 amide bonds. The second-order valence-electron chi connectivity index (χ2n) is 6.46. The first-order chi connectivity index (χ1) is 12.7. The second kappa shape index (κ2) is 10.9. The van der Waals surface area contributed by atoms with Crippen molar-refractivity contribution in [3.63, 3.8) is 0 Å². The van der Waals surface area contributed by atoms with Crippen molar-refractivity contribution in [3.05, 3.63) is 24.2 Å². The van der Waals surface area contributed by atoms with Gasteiger partial charge in [0.15, 0.2) is 11.7 Å². The molecule has 7 nitrogen and oxygen atoms in total. The monoisotopic (exact) mass is 363 g/mol. The van der Waals surface area contributed by atoms with Crippen molar-refractivity contribution >= 4 is 11.9 Å². The normalized spacial score (nSPS) is 15.6. The number of piperazine rings is 1. The molecule has 1 aliphatic rings. The summed E-state index contributed by atoms with van der Waals surface area (Å²) in [7, 11) is 1.82. The van der Waals surface area contributed by atoms with Gasteiger partial charge in [0.25, 0.3) is 5.91 Å². The van der Waals surface area contributed by atoms with E-state index in [-0.39, 0.29) is 5.91 Å². The summed E-state index contributed by atoms with van der Waals surface area (Å²) in [6, 6.07) is 3.46. The first-order valence-corrected chi connectivity index (χ1v) is 9.70. The molecule has 2 rings (SSSR count). The van der Waals surface area contributed by atoms with Crippen molar-refractivity contribution in [2.45, 2.75) is 26.7 Å². The molecule has 0 atom stereocenters. The fraction of sp³-hybridized carbons (Fsp3) is 0.684. The van der Waals surface area contributed by atoms with E-state index in [2.05, 4.69) is 34.0 Å². The Hall–Kier alpha value is -2.02. The fourth-order valence-corrected chi connectivity index (χ4v) is 3.21. The molecule has 26 heavy (non-hydrogen) atoms. The van der Waals surface area contributed by atoms with Crippen LogP contribution in [-0.4, -0.2) is 86.0 Å². The van der Waals surface area contributed by atoms with Crippen molar-refractivity contribution in [2.75, 3.05) is 59.4 Å². The lowest BCUT2D eigenvalue weighted by molar-refractivity contribution is 0.0657. The van der Waals surface area contributed by atoms with Crippen LogP contribution in [0.4, 0.5) is 0 Å². The van der Waals surface area contributed by atoms with Gasteiger partial charge in [-0.05, 0) is 44.6 Å². The number of carbonyl (C=O) groups excluding carboxylic acids is 1. The smallest absolute Gasteiger partial charge is 0.289 e. The Balaban J connectivity index is 1.69. The molecule has 1 aromatic rings. The summed E-state index contributed by atoms with van der Waals surface area (Å²) in [5.41, 5.74) is 0. The van der Waals surface area contributed by atoms with Gasteiger partial charge in [-0.25, -0.2) is 0 Å². The topological polar surface area (TPSA) is 64.3 Å². The predicted molar refractivity (Wildman–Crippen MR) is 105 cm³/mol. The zero-order valence-electron chi connectivity index (χ0n) is 16.4. The minimum Gasteiger partial charge on any atom is -0.459 e. The van der Waals surface area contributed by atoms with Crippen molar-refractivity contribution in [1.29, 1.82) is 0 Å². The van der Waals surface area contributed by atoms with Gasteiger partial charge >= 0.3 is 0 Å². The predicted octanol–water partition coefficient (Wildman–Crippen LogP) is 1.73. The van der Waals surface area contributed by atoms with E-state index in [0.29, 0.717) is 18.8 Å². The number of aliphatic imine (C=N–C) groups is 1. The van der Waals surface area contributed by atoms with Gasteiger partial charge in [-0.2, -0.15) is 0 Å². The van der Waals surface area contributed by atoms with Gasteiger partial charge in [-0.15, -0.1) is 0 Å². The van der Waals surface area contributed by atoms with E-state index in [1.807, 2.05) is 11.9 Å². The summed E-state index contributed by atoms with van der Waals surface area (Å²) in [6.45, 7) is 11.7. The van der Waals surface area contributed by atoms with E-state index in [1.54, 1.807) is 12.1 Å². The summed E-state index contributed by atoms with van der Waals surface area (Å²) in [5, 5.41) is 3.46. The van der Waals surface area contributed by atoms with Crippen LogP contribution in [-0.2, 0) is 0 Å². The van der Waals surface area contributed by atoms with Crippen molar-refractivity contribution < 1.29 is 9.21 Å². The third-order valence-corrected chi connectivity index (χ3v) is 4.89. The van der Waals surface area contributed by atoms with Gasteiger partial charge < -0.3 is 24.4 Å². The van der Waals surface area contributed by atoms with Gasteiger partial charge in [0.2, 0.25) is 0 Å². The number of rotatable bonds is 8. The number of guanidine groups is 1. The second-order valence-corrected chi connectivity index (χ2v) is 6.46. The average Bonchev–Trinajstić information content (AvgIpc) is 3.22. The van der Waals surface area contributed by atoms with Crippen LogP contribution in [0.25, 0.3) is 0 Å². The number of amides is 1. The summed E-state index contributed by atoms with van der Waals surface area (Å²) >= 11 is 0. The van der Waals surface area contributed by atoms with Crippen LogP contribution in [0, 0.1) is 0 Å². The molecule has 1 saturated heterocycles. The van der Waals surface area contributed by atoms with Crippen molar-refractivity contribution in [1.82, 2.24) is 20.0 Å². The summed E-state index contributed by atoms with van der Waals surface area (Å²) in [6.07, 6.45) is 3.86. The zero-order valence-corrected chi connectivity index (χ0v) is 16.4. The minimum absolute atomic E-state index is 0.0333. The Labute approximate surface area is 157 Å². The SMILES string of the molecule is CCN(CC)CCCCNC(=NC)N1CCN(C(=O)c2ccco2)CC1. The molecular weight excluding hydrogens is 330 g/mol. The van der Waals surface area contributed by atoms with Gasteiger partial charge in [0.1, 0.15) is 0 Å². The van der Waals surface area contributed by atoms with Crippen molar-refractivity contribution in [3.8, 4) is 0 Å². The lowest BCUT2D eigenvalue weighted by Gasteiger charge is -2.36. The van der Waals surface area contributed by atoms with Crippen LogP contribution >= 0.6 is 0 Å². The number of furan rings is 1. The Morgan fingerprint density at radius 2 is 1.88 bits per heavy atom. The summed E-state index contributed by atoms with van der Waals surface area (Å²) in [5.74, 6) is 1.31. The number of hydrogen-bond acceptors (Lipinski definition) is 4. The van der Waals surface area contributed by atoms with Gasteiger partial charge in [0.05, 0.1) is 6.26 Å². The number of nitrogens with one attached hydrogen (secondary N) is 1. The highest BCUT2D eigenvalue weighted by Gasteiger charge is 2.24. The van der Waals surface area contributed by atoms with E-state index in [4.69, 9.17) is 4.42 Å². The number of hydrogen-bond donors (Lipinski definition) is 1. The van der Waals surface area contributed by atoms with Crippen LogP contribution in [0.2, 0.25) is 0 Å². The first-order valence-electron chi connectivity index (χ1n) is 9.70. The Morgan fingerprint density at radius 1 is 1.19 bits per heavy atom. The maximum Gasteiger partial charge on any atom is 0.289 e. The quantitative estimate of drug-likeness (QED) is 0.433. The standard InChI is InChI=1S/C19H33N5O2/c1-4-22(5-2)11-7-6-10-21-19(20-3)24-14-12-23(13-15-24)18(25)17-9-8-16-26-17/h8-9,16H,4-7,10-15H2,1-3H3,(H,20,21). The molecule has 0 spiro atoms. The summed E-state index contributed by atoms with van der Waals surface area (Å²) in [4.78, 5) is 23.2. The third-order valence-electron chi connectivity index (χ3n) is 4.89. The molecule has 0 unspecified atom stereocenters. The van der Waals surface area contributed by atoms with Crippen LogP contribution in [0.1, 0.15) is 37.2 Å². The Kier molecular flexibility index (Phi) is 8.47. The lowest BCUT2D eigenvalue weighted by atomic mass is 10.2. The maximum atomic E-state index is 12.3. The van der Waals surface area contributed by atoms with Gasteiger partial charge in [-0.1, -0.05) is 13.8 Å². The molecule has 0 bridgehead atoms. The van der Waals surface area contributed by atoms with E-state index in [1.165, 1.54) is 12.7 Å². The first kappa shape index (κ1) is 20.3. The summed E-state index contributed by atoms with van der Waals surface area (Å²) < 4.78 is 5.21. The average molecular weight is 364 g/mol. The maximum absolute atomic E-state index is 12.3. The van der Waals surface area contributed by atoms with E-state index in [9.17, 15) is 4.79 Å². The highest BCUT2D eigenvalue weighted by atomic mass is 16.3. The molecule has 0 saturated carbocycles. The number of unbranched alkanes of at least 4 members (excludes halogenated alkanes) is 1. The molecule has 0 radical (unpaired) electrons. The van der Waals surface area contributed by atoms with Crippen LogP contribution in [0.3, 0.4) is 0 Å². The molecule has 1 aliphatic heterocycles. The molecule has 7 heteroatoms. The van der Waals surface area contributed by atoms with Crippen LogP contribution < -0.4 is 5.32 Å². The molecular formula is C19H33N5O2. The lowest BCUT2D eigenvalue weighted by Crippen LogP contribution is -2.53. The van der Waals surface area contributed by atoms with E-state index < -0.39 is 0 Å². The molecule has 1 N–H and O–H groups in total. The van der Waals surface area contributed by atoms with E-state index >= 15 is 0 Å². The number of carbonyl (C=O) groups is 1. The van der Waals surface area contributed by atoms with Crippen molar-refractivity contribution in [2.24, 2.45) is 4.99 Å². The fourth-order valence-electron chi connectivity index (χ4n) is 3.21.